The van der Waals surface area contributed by atoms with Crippen LogP contribution in [0, 0.1) is 17.0 Å². The van der Waals surface area contributed by atoms with Crippen LogP contribution in [-0.4, -0.2) is 17.6 Å². The summed E-state index contributed by atoms with van der Waals surface area (Å²) in [5, 5.41) is 13.8. The number of aryl methyl sites for hydroxylation is 1. The van der Waals surface area contributed by atoms with Gasteiger partial charge in [-0.2, -0.15) is 0 Å². The van der Waals surface area contributed by atoms with Crippen LogP contribution in [-0.2, 0) is 16.1 Å². The van der Waals surface area contributed by atoms with Gasteiger partial charge in [-0.05, 0) is 30.7 Å². The van der Waals surface area contributed by atoms with Crippen molar-refractivity contribution in [2.24, 2.45) is 0 Å². The second-order valence-electron chi connectivity index (χ2n) is 5.58. The Morgan fingerprint density at radius 2 is 2.16 bits per heavy atom. The number of carbonyl (C=O) groups excluding carboxylic acids is 1. The van der Waals surface area contributed by atoms with Crippen molar-refractivity contribution in [2.45, 2.75) is 13.5 Å². The van der Waals surface area contributed by atoms with Gasteiger partial charge in [-0.3, -0.25) is 14.9 Å². The SMILES string of the molecule is Cc1cccc(NC(=O)C=Cc2cc([N+](=O)[O-])cc3c2OCOC3)c1. The highest BCUT2D eigenvalue weighted by atomic mass is 16.7. The molecule has 128 valence electrons. The smallest absolute Gasteiger partial charge is 0.270 e. The number of hydrogen-bond acceptors (Lipinski definition) is 5. The molecular weight excluding hydrogens is 324 g/mol. The van der Waals surface area contributed by atoms with Gasteiger partial charge in [0.2, 0.25) is 5.91 Å². The number of fused-ring (bicyclic) bond motifs is 1. The average Bonchev–Trinajstić information content (AvgIpc) is 2.59. The summed E-state index contributed by atoms with van der Waals surface area (Å²) < 4.78 is 10.6. The third-order valence-electron chi connectivity index (χ3n) is 3.63. The molecule has 0 unspecified atom stereocenters. The molecule has 3 rings (SSSR count). The molecule has 1 aliphatic heterocycles. The maximum absolute atomic E-state index is 12.1. The first-order valence-electron chi connectivity index (χ1n) is 7.60. The van der Waals surface area contributed by atoms with E-state index in [-0.39, 0.29) is 25.0 Å². The van der Waals surface area contributed by atoms with E-state index in [9.17, 15) is 14.9 Å². The lowest BCUT2D eigenvalue weighted by Crippen LogP contribution is -2.13. The van der Waals surface area contributed by atoms with Crippen molar-refractivity contribution < 1.29 is 19.2 Å². The monoisotopic (exact) mass is 340 g/mol. The first-order chi connectivity index (χ1) is 12.0. The van der Waals surface area contributed by atoms with Crippen molar-refractivity contribution in [1.29, 1.82) is 0 Å². The van der Waals surface area contributed by atoms with Crippen LogP contribution in [0.2, 0.25) is 0 Å². The standard InChI is InChI=1S/C18H16N2O5/c1-12-3-2-4-15(7-12)19-17(21)6-5-13-8-16(20(22)23)9-14-10-24-11-25-18(13)14/h2-9H,10-11H2,1H3,(H,19,21). The van der Waals surface area contributed by atoms with Crippen LogP contribution in [0.1, 0.15) is 16.7 Å². The van der Waals surface area contributed by atoms with Gasteiger partial charge in [-0.25, -0.2) is 0 Å². The Balaban J connectivity index is 1.83. The normalized spacial score (nSPS) is 13.2. The number of benzene rings is 2. The molecule has 0 fully saturated rings. The third kappa shape index (κ3) is 4.02. The number of rotatable bonds is 4. The molecule has 0 atom stereocenters. The first kappa shape index (κ1) is 16.7. The van der Waals surface area contributed by atoms with Crippen LogP contribution >= 0.6 is 0 Å². The van der Waals surface area contributed by atoms with E-state index in [2.05, 4.69) is 5.32 Å². The second-order valence-corrected chi connectivity index (χ2v) is 5.58. The first-order valence-corrected chi connectivity index (χ1v) is 7.60. The van der Waals surface area contributed by atoms with Crippen molar-refractivity contribution in [3.05, 3.63) is 69.3 Å². The van der Waals surface area contributed by atoms with E-state index >= 15 is 0 Å². The number of nitrogens with one attached hydrogen (secondary N) is 1. The van der Waals surface area contributed by atoms with Crippen LogP contribution in [0.5, 0.6) is 5.75 Å². The summed E-state index contributed by atoms with van der Waals surface area (Å²) in [4.78, 5) is 22.7. The highest BCUT2D eigenvalue weighted by Gasteiger charge is 2.19. The van der Waals surface area contributed by atoms with Crippen molar-refractivity contribution in [3.63, 3.8) is 0 Å². The molecule has 1 amide bonds. The number of hydrogen-bond donors (Lipinski definition) is 1. The van der Waals surface area contributed by atoms with E-state index in [0.717, 1.165) is 5.56 Å². The van der Waals surface area contributed by atoms with Gasteiger partial charge in [-0.1, -0.05) is 12.1 Å². The fraction of sp³-hybridized carbons (Fsp3) is 0.167. The Labute approximate surface area is 144 Å². The summed E-state index contributed by atoms with van der Waals surface area (Å²) in [6.45, 7) is 2.23. The zero-order chi connectivity index (χ0) is 17.8. The Bertz CT molecular complexity index is 861. The molecule has 0 aromatic heterocycles. The van der Waals surface area contributed by atoms with Gasteiger partial charge in [0.15, 0.2) is 6.79 Å². The number of nitrogens with zero attached hydrogens (tertiary/aromatic N) is 1. The summed E-state index contributed by atoms with van der Waals surface area (Å²) in [5.41, 5.74) is 2.68. The van der Waals surface area contributed by atoms with Crippen LogP contribution in [0.3, 0.4) is 0 Å². The third-order valence-corrected chi connectivity index (χ3v) is 3.63. The van der Waals surface area contributed by atoms with Crippen molar-refractivity contribution in [1.82, 2.24) is 0 Å². The minimum absolute atomic E-state index is 0.0706. The molecule has 0 aliphatic carbocycles. The lowest BCUT2D eigenvalue weighted by molar-refractivity contribution is -0.385. The predicted octanol–water partition coefficient (Wildman–Crippen LogP) is 3.42. The van der Waals surface area contributed by atoms with Gasteiger partial charge in [-0.15, -0.1) is 0 Å². The fourth-order valence-corrected chi connectivity index (χ4v) is 2.53. The van der Waals surface area contributed by atoms with E-state index in [1.54, 1.807) is 6.07 Å². The summed E-state index contributed by atoms with van der Waals surface area (Å²) in [5.74, 6) is 0.161. The molecule has 2 aromatic carbocycles. The number of nitro groups is 1. The molecule has 1 heterocycles. The molecule has 7 heteroatoms. The Hall–Kier alpha value is -3.19. The minimum Gasteiger partial charge on any atom is -0.467 e. The Kier molecular flexibility index (Phi) is 4.76. The summed E-state index contributed by atoms with van der Waals surface area (Å²) in [7, 11) is 0. The molecule has 0 spiro atoms. The number of carbonyl (C=O) groups is 1. The zero-order valence-corrected chi connectivity index (χ0v) is 13.5. The molecule has 7 nitrogen and oxygen atoms in total. The fourth-order valence-electron chi connectivity index (χ4n) is 2.53. The van der Waals surface area contributed by atoms with E-state index < -0.39 is 4.92 Å². The van der Waals surface area contributed by atoms with Gasteiger partial charge in [0.05, 0.1) is 11.5 Å². The average molecular weight is 340 g/mol. The van der Waals surface area contributed by atoms with Gasteiger partial charge in [0.1, 0.15) is 5.75 Å². The summed E-state index contributed by atoms with van der Waals surface area (Å²) in [6, 6.07) is 10.2. The summed E-state index contributed by atoms with van der Waals surface area (Å²) in [6.07, 6.45) is 2.82. The maximum atomic E-state index is 12.1. The van der Waals surface area contributed by atoms with Gasteiger partial charge >= 0.3 is 0 Å². The van der Waals surface area contributed by atoms with Gasteiger partial charge in [0, 0.05) is 35.0 Å². The number of anilines is 1. The Morgan fingerprint density at radius 1 is 1.32 bits per heavy atom. The predicted molar refractivity (Wildman–Crippen MR) is 92.2 cm³/mol. The molecule has 2 aromatic rings. The second kappa shape index (κ2) is 7.14. The molecule has 0 radical (unpaired) electrons. The van der Waals surface area contributed by atoms with Crippen molar-refractivity contribution in [3.8, 4) is 5.75 Å². The quantitative estimate of drug-likeness (QED) is 0.523. The highest BCUT2D eigenvalue weighted by molar-refractivity contribution is 6.02. The van der Waals surface area contributed by atoms with Gasteiger partial charge < -0.3 is 14.8 Å². The lowest BCUT2D eigenvalue weighted by atomic mass is 10.1. The van der Waals surface area contributed by atoms with Crippen LogP contribution in [0.15, 0.2) is 42.5 Å². The maximum Gasteiger partial charge on any atom is 0.270 e. The zero-order valence-electron chi connectivity index (χ0n) is 13.5. The van der Waals surface area contributed by atoms with Crippen LogP contribution in [0.25, 0.3) is 6.08 Å². The Morgan fingerprint density at radius 3 is 2.92 bits per heavy atom. The molecule has 1 N–H and O–H groups in total. The van der Waals surface area contributed by atoms with Crippen molar-refractivity contribution >= 4 is 23.4 Å². The number of nitro benzene ring substituents is 1. The van der Waals surface area contributed by atoms with Crippen molar-refractivity contribution in [2.75, 3.05) is 12.1 Å². The number of non-ortho nitro benzene ring substituents is 1. The highest BCUT2D eigenvalue weighted by Crippen LogP contribution is 2.33. The van der Waals surface area contributed by atoms with Gasteiger partial charge in [0.25, 0.3) is 5.69 Å². The molecule has 0 saturated carbocycles. The topological polar surface area (TPSA) is 90.7 Å². The molecule has 1 aliphatic rings. The minimum atomic E-state index is -0.487. The van der Waals surface area contributed by atoms with Crippen LogP contribution in [0.4, 0.5) is 11.4 Å². The molecular formula is C18H16N2O5. The van der Waals surface area contributed by atoms with E-state index in [1.807, 2.05) is 25.1 Å². The summed E-state index contributed by atoms with van der Waals surface area (Å²) >= 11 is 0. The van der Waals surface area contributed by atoms with E-state index in [4.69, 9.17) is 9.47 Å². The van der Waals surface area contributed by atoms with E-state index in [0.29, 0.717) is 22.6 Å². The lowest BCUT2D eigenvalue weighted by Gasteiger charge is -2.19. The molecule has 0 bridgehead atoms. The largest absolute Gasteiger partial charge is 0.467 e. The van der Waals surface area contributed by atoms with E-state index in [1.165, 1.54) is 24.3 Å². The number of ether oxygens (including phenoxy) is 2. The molecule has 25 heavy (non-hydrogen) atoms. The molecule has 0 saturated heterocycles. The number of amides is 1. The van der Waals surface area contributed by atoms with Crippen LogP contribution < -0.4 is 10.1 Å².